The SMILES string of the molecule is OC[C@H]1CCCN1CCCN1CCCC1. The van der Waals surface area contributed by atoms with Gasteiger partial charge in [0, 0.05) is 6.04 Å². The topological polar surface area (TPSA) is 26.7 Å². The summed E-state index contributed by atoms with van der Waals surface area (Å²) >= 11 is 0. The quantitative estimate of drug-likeness (QED) is 0.734. The zero-order valence-electron chi connectivity index (χ0n) is 9.70. The lowest BCUT2D eigenvalue weighted by atomic mass is 10.2. The van der Waals surface area contributed by atoms with E-state index in [0.717, 1.165) is 0 Å². The van der Waals surface area contributed by atoms with Crippen LogP contribution in [0.15, 0.2) is 0 Å². The Bertz CT molecular complexity index is 180. The molecule has 0 amide bonds. The van der Waals surface area contributed by atoms with Crippen LogP contribution in [0.2, 0.25) is 0 Å². The number of rotatable bonds is 5. The van der Waals surface area contributed by atoms with Gasteiger partial charge in [-0.25, -0.2) is 0 Å². The maximum absolute atomic E-state index is 9.20. The molecule has 0 unspecified atom stereocenters. The number of aliphatic hydroxyl groups is 1. The van der Waals surface area contributed by atoms with Gasteiger partial charge in [-0.1, -0.05) is 0 Å². The summed E-state index contributed by atoms with van der Waals surface area (Å²) in [6.07, 6.45) is 6.53. The molecule has 3 nitrogen and oxygen atoms in total. The van der Waals surface area contributed by atoms with Crippen LogP contribution in [0.4, 0.5) is 0 Å². The van der Waals surface area contributed by atoms with E-state index in [1.807, 2.05) is 0 Å². The molecular formula is C12H24N2O. The van der Waals surface area contributed by atoms with Crippen molar-refractivity contribution >= 4 is 0 Å². The maximum atomic E-state index is 9.20. The van der Waals surface area contributed by atoms with E-state index in [0.29, 0.717) is 12.6 Å². The molecule has 3 heteroatoms. The van der Waals surface area contributed by atoms with Gasteiger partial charge in [-0.3, -0.25) is 4.90 Å². The van der Waals surface area contributed by atoms with Gasteiger partial charge in [-0.15, -0.1) is 0 Å². The minimum atomic E-state index is 0.351. The van der Waals surface area contributed by atoms with Crippen molar-refractivity contribution in [2.24, 2.45) is 0 Å². The summed E-state index contributed by atoms with van der Waals surface area (Å²) in [5, 5.41) is 9.20. The second-order valence-electron chi connectivity index (χ2n) is 4.92. The second-order valence-corrected chi connectivity index (χ2v) is 4.92. The Hall–Kier alpha value is -0.120. The van der Waals surface area contributed by atoms with Gasteiger partial charge in [-0.2, -0.15) is 0 Å². The first-order valence-electron chi connectivity index (χ1n) is 6.47. The zero-order valence-corrected chi connectivity index (χ0v) is 9.70. The van der Waals surface area contributed by atoms with Crippen LogP contribution in [0.3, 0.4) is 0 Å². The third kappa shape index (κ3) is 3.16. The van der Waals surface area contributed by atoms with Gasteiger partial charge in [0.1, 0.15) is 0 Å². The number of hydrogen-bond donors (Lipinski definition) is 1. The van der Waals surface area contributed by atoms with Crippen LogP contribution in [-0.2, 0) is 0 Å². The molecule has 0 bridgehead atoms. The van der Waals surface area contributed by atoms with Gasteiger partial charge in [-0.05, 0) is 64.8 Å². The number of likely N-dealkylation sites (tertiary alicyclic amines) is 2. The molecule has 2 saturated heterocycles. The molecule has 0 aliphatic carbocycles. The molecular weight excluding hydrogens is 188 g/mol. The van der Waals surface area contributed by atoms with E-state index in [2.05, 4.69) is 9.80 Å². The fraction of sp³-hybridized carbons (Fsp3) is 1.00. The highest BCUT2D eigenvalue weighted by molar-refractivity contribution is 4.78. The number of nitrogens with zero attached hydrogens (tertiary/aromatic N) is 2. The van der Waals surface area contributed by atoms with Gasteiger partial charge in [0.05, 0.1) is 6.61 Å². The van der Waals surface area contributed by atoms with E-state index in [4.69, 9.17) is 0 Å². The monoisotopic (exact) mass is 212 g/mol. The van der Waals surface area contributed by atoms with Crippen LogP contribution >= 0.6 is 0 Å². The summed E-state index contributed by atoms with van der Waals surface area (Å²) in [7, 11) is 0. The molecule has 0 aromatic rings. The molecule has 0 saturated carbocycles. The molecule has 2 fully saturated rings. The lowest BCUT2D eigenvalue weighted by molar-refractivity contribution is 0.153. The van der Waals surface area contributed by atoms with Crippen LogP contribution in [0.1, 0.15) is 32.1 Å². The Labute approximate surface area is 93.1 Å². The van der Waals surface area contributed by atoms with Crippen molar-refractivity contribution in [2.45, 2.75) is 38.1 Å². The van der Waals surface area contributed by atoms with Crippen molar-refractivity contribution in [1.29, 1.82) is 0 Å². The molecule has 2 heterocycles. The van der Waals surface area contributed by atoms with Gasteiger partial charge in [0.15, 0.2) is 0 Å². The van der Waals surface area contributed by atoms with Crippen molar-refractivity contribution in [1.82, 2.24) is 9.80 Å². The second kappa shape index (κ2) is 5.83. The Kier molecular flexibility index (Phi) is 4.42. The molecule has 2 rings (SSSR count). The highest BCUT2D eigenvalue weighted by Crippen LogP contribution is 2.17. The normalized spacial score (nSPS) is 29.0. The molecule has 0 radical (unpaired) electrons. The third-order valence-corrected chi connectivity index (χ3v) is 3.83. The van der Waals surface area contributed by atoms with Crippen molar-refractivity contribution in [3.63, 3.8) is 0 Å². The molecule has 2 aliphatic rings. The molecule has 88 valence electrons. The van der Waals surface area contributed by atoms with Crippen molar-refractivity contribution < 1.29 is 5.11 Å². The smallest absolute Gasteiger partial charge is 0.0586 e. The van der Waals surface area contributed by atoms with E-state index >= 15 is 0 Å². The lowest BCUT2D eigenvalue weighted by Crippen LogP contribution is -2.34. The summed E-state index contributed by atoms with van der Waals surface area (Å²) in [6.45, 7) is 6.61. The zero-order chi connectivity index (χ0) is 10.5. The average molecular weight is 212 g/mol. The van der Waals surface area contributed by atoms with Crippen molar-refractivity contribution in [3.05, 3.63) is 0 Å². The summed E-state index contributed by atoms with van der Waals surface area (Å²) in [6, 6.07) is 0.462. The summed E-state index contributed by atoms with van der Waals surface area (Å²) in [5.74, 6) is 0. The highest BCUT2D eigenvalue weighted by Gasteiger charge is 2.23. The van der Waals surface area contributed by atoms with Gasteiger partial charge in [0.2, 0.25) is 0 Å². The minimum absolute atomic E-state index is 0.351. The van der Waals surface area contributed by atoms with Crippen molar-refractivity contribution in [2.75, 3.05) is 39.3 Å². The summed E-state index contributed by atoms with van der Waals surface area (Å²) in [4.78, 5) is 5.04. The third-order valence-electron chi connectivity index (χ3n) is 3.83. The van der Waals surface area contributed by atoms with E-state index in [-0.39, 0.29) is 0 Å². The van der Waals surface area contributed by atoms with Crippen molar-refractivity contribution in [3.8, 4) is 0 Å². The predicted octanol–water partition coefficient (Wildman–Crippen LogP) is 0.929. The van der Waals surface area contributed by atoms with Gasteiger partial charge >= 0.3 is 0 Å². The Balaban J connectivity index is 1.60. The summed E-state index contributed by atoms with van der Waals surface area (Å²) < 4.78 is 0. The van der Waals surface area contributed by atoms with Crippen LogP contribution in [0, 0.1) is 0 Å². The van der Waals surface area contributed by atoms with E-state index in [1.54, 1.807) is 0 Å². The minimum Gasteiger partial charge on any atom is -0.395 e. The molecule has 1 atom stereocenters. The van der Waals surface area contributed by atoms with Crippen LogP contribution < -0.4 is 0 Å². The van der Waals surface area contributed by atoms with Crippen LogP contribution in [-0.4, -0.2) is 60.3 Å². The van der Waals surface area contributed by atoms with E-state index in [9.17, 15) is 5.11 Å². The van der Waals surface area contributed by atoms with Gasteiger partial charge < -0.3 is 10.0 Å². The Morgan fingerprint density at radius 2 is 1.80 bits per heavy atom. The largest absolute Gasteiger partial charge is 0.395 e. The summed E-state index contributed by atoms with van der Waals surface area (Å²) in [5.41, 5.74) is 0. The average Bonchev–Trinajstić information content (AvgIpc) is 2.88. The molecule has 1 N–H and O–H groups in total. The van der Waals surface area contributed by atoms with Crippen LogP contribution in [0.25, 0.3) is 0 Å². The van der Waals surface area contributed by atoms with Crippen LogP contribution in [0.5, 0.6) is 0 Å². The van der Waals surface area contributed by atoms with E-state index < -0.39 is 0 Å². The first kappa shape index (κ1) is 11.4. The Morgan fingerprint density at radius 1 is 1.00 bits per heavy atom. The highest BCUT2D eigenvalue weighted by atomic mass is 16.3. The maximum Gasteiger partial charge on any atom is 0.0586 e. The predicted molar refractivity (Wildman–Crippen MR) is 62.0 cm³/mol. The first-order chi connectivity index (χ1) is 7.40. The molecule has 2 aliphatic heterocycles. The van der Waals surface area contributed by atoms with Gasteiger partial charge in [0.25, 0.3) is 0 Å². The molecule has 0 aromatic carbocycles. The lowest BCUT2D eigenvalue weighted by Gasteiger charge is -2.23. The van der Waals surface area contributed by atoms with E-state index in [1.165, 1.54) is 64.8 Å². The number of aliphatic hydroxyl groups excluding tert-OH is 1. The standard InChI is InChI=1S/C12H24N2O/c15-11-12-5-3-9-14(12)10-4-8-13-6-1-2-7-13/h12,15H,1-11H2/t12-/m1/s1. The first-order valence-corrected chi connectivity index (χ1v) is 6.47. The molecule has 0 aromatic heterocycles. The fourth-order valence-electron chi connectivity index (χ4n) is 2.90. The number of hydrogen-bond acceptors (Lipinski definition) is 3. The molecule has 0 spiro atoms. The Morgan fingerprint density at radius 3 is 2.53 bits per heavy atom. The fourth-order valence-corrected chi connectivity index (χ4v) is 2.90. The molecule has 15 heavy (non-hydrogen) atoms.